The van der Waals surface area contributed by atoms with E-state index in [2.05, 4.69) is 5.32 Å². The lowest BCUT2D eigenvalue weighted by Gasteiger charge is -2.10. The summed E-state index contributed by atoms with van der Waals surface area (Å²) in [6.45, 7) is 2.02. The van der Waals surface area contributed by atoms with Gasteiger partial charge < -0.3 is 11.1 Å². The number of nitrogens with two attached hydrogens (primary N) is 1. The van der Waals surface area contributed by atoms with Crippen molar-refractivity contribution in [2.75, 3.05) is 5.73 Å². The summed E-state index contributed by atoms with van der Waals surface area (Å²) in [6, 6.07) is 18.8. The van der Waals surface area contributed by atoms with Gasteiger partial charge in [0.05, 0.1) is 16.1 Å². The molecule has 158 valence electrons. The van der Waals surface area contributed by atoms with E-state index in [0.717, 1.165) is 39.8 Å². The minimum absolute atomic E-state index is 0.278. The predicted molar refractivity (Wildman–Crippen MR) is 119 cm³/mol. The Morgan fingerprint density at radius 3 is 2.52 bits per heavy atom. The zero-order chi connectivity index (χ0) is 22.2. The molecule has 3 aromatic carbocycles. The highest BCUT2D eigenvalue weighted by atomic mass is 32.1. The van der Waals surface area contributed by atoms with E-state index in [-0.39, 0.29) is 10.9 Å². The number of hydrogen-bond acceptors (Lipinski definition) is 3. The van der Waals surface area contributed by atoms with Crippen LogP contribution in [0, 0.1) is 6.92 Å². The average Bonchev–Trinajstić information content (AvgIpc) is 3.05. The van der Waals surface area contributed by atoms with Crippen molar-refractivity contribution in [1.82, 2.24) is 5.32 Å². The molecule has 0 saturated carbocycles. The van der Waals surface area contributed by atoms with Gasteiger partial charge >= 0.3 is 6.18 Å². The van der Waals surface area contributed by atoms with Gasteiger partial charge in [0.2, 0.25) is 0 Å². The molecule has 0 saturated heterocycles. The molecule has 3 nitrogen and oxygen atoms in total. The molecule has 0 radical (unpaired) electrons. The van der Waals surface area contributed by atoms with Gasteiger partial charge in [0.15, 0.2) is 0 Å². The topological polar surface area (TPSA) is 55.1 Å². The Morgan fingerprint density at radius 2 is 1.74 bits per heavy atom. The van der Waals surface area contributed by atoms with E-state index in [9.17, 15) is 18.0 Å². The molecule has 0 aliphatic heterocycles. The minimum atomic E-state index is -4.44. The lowest BCUT2D eigenvalue weighted by atomic mass is 10.0. The quantitative estimate of drug-likeness (QED) is 0.385. The molecule has 0 aliphatic carbocycles. The molecule has 0 unspecified atom stereocenters. The standard InChI is InChI=1S/C24H19F3N2OS/c1-14-20(22(28)31-21(14)16-8-5-10-18(12-16)24(25,26)27)23(30)29-13-17-9-4-7-15-6-2-3-11-19(15)17/h2-12H,13,28H2,1H3,(H,29,30). The maximum absolute atomic E-state index is 13.1. The minimum Gasteiger partial charge on any atom is -0.390 e. The van der Waals surface area contributed by atoms with Crippen molar-refractivity contribution < 1.29 is 18.0 Å². The number of carbonyl (C=O) groups excluding carboxylic acids is 1. The largest absolute Gasteiger partial charge is 0.416 e. The van der Waals surface area contributed by atoms with Crippen LogP contribution in [0.2, 0.25) is 0 Å². The van der Waals surface area contributed by atoms with Crippen molar-refractivity contribution >= 4 is 33.0 Å². The number of hydrogen-bond donors (Lipinski definition) is 2. The molecule has 0 fully saturated rings. The number of fused-ring (bicyclic) bond motifs is 1. The van der Waals surface area contributed by atoms with Gasteiger partial charge in [0, 0.05) is 11.4 Å². The van der Waals surface area contributed by atoms with Gasteiger partial charge in [0.1, 0.15) is 0 Å². The molecule has 0 aliphatic rings. The van der Waals surface area contributed by atoms with Gasteiger partial charge in [-0.2, -0.15) is 13.2 Å². The molecule has 1 amide bonds. The molecular formula is C24H19F3N2OS. The molecule has 1 heterocycles. The Hall–Kier alpha value is -3.32. The Morgan fingerprint density at radius 1 is 1.03 bits per heavy atom. The number of anilines is 1. The van der Waals surface area contributed by atoms with Gasteiger partial charge in [-0.25, -0.2) is 0 Å². The van der Waals surface area contributed by atoms with Crippen LogP contribution in [0.15, 0.2) is 66.7 Å². The van der Waals surface area contributed by atoms with Crippen LogP contribution in [0.25, 0.3) is 21.2 Å². The fourth-order valence-corrected chi connectivity index (χ4v) is 4.71. The summed E-state index contributed by atoms with van der Waals surface area (Å²) in [5, 5.41) is 5.30. The smallest absolute Gasteiger partial charge is 0.390 e. The molecule has 7 heteroatoms. The van der Waals surface area contributed by atoms with Crippen molar-refractivity contribution in [3.63, 3.8) is 0 Å². The van der Waals surface area contributed by atoms with Gasteiger partial charge in [-0.15, -0.1) is 11.3 Å². The van der Waals surface area contributed by atoms with E-state index in [1.165, 1.54) is 6.07 Å². The highest BCUT2D eigenvalue weighted by Crippen LogP contribution is 2.40. The van der Waals surface area contributed by atoms with Crippen molar-refractivity contribution in [3.8, 4) is 10.4 Å². The lowest BCUT2D eigenvalue weighted by molar-refractivity contribution is -0.137. The number of carbonyl (C=O) groups is 1. The molecule has 31 heavy (non-hydrogen) atoms. The molecule has 0 atom stereocenters. The highest BCUT2D eigenvalue weighted by Gasteiger charge is 2.31. The summed E-state index contributed by atoms with van der Waals surface area (Å²) in [6.07, 6.45) is -4.44. The van der Waals surface area contributed by atoms with Gasteiger partial charge in [-0.1, -0.05) is 54.6 Å². The van der Waals surface area contributed by atoms with E-state index in [1.54, 1.807) is 13.0 Å². The first-order valence-electron chi connectivity index (χ1n) is 9.57. The summed E-state index contributed by atoms with van der Waals surface area (Å²) in [7, 11) is 0. The van der Waals surface area contributed by atoms with E-state index in [0.29, 0.717) is 28.1 Å². The summed E-state index contributed by atoms with van der Waals surface area (Å²) >= 11 is 1.12. The first-order chi connectivity index (χ1) is 14.8. The monoisotopic (exact) mass is 440 g/mol. The number of nitrogens with one attached hydrogen (secondary N) is 1. The molecule has 4 rings (SSSR count). The lowest BCUT2D eigenvalue weighted by Crippen LogP contribution is -2.24. The van der Waals surface area contributed by atoms with E-state index >= 15 is 0 Å². The second kappa shape index (κ2) is 8.07. The second-order valence-electron chi connectivity index (χ2n) is 7.19. The van der Waals surface area contributed by atoms with Gasteiger partial charge in [0.25, 0.3) is 5.91 Å². The fourth-order valence-electron chi connectivity index (χ4n) is 3.64. The number of thiophene rings is 1. The van der Waals surface area contributed by atoms with Gasteiger partial charge in [-0.3, -0.25) is 4.79 Å². The molecule has 1 aromatic heterocycles. The highest BCUT2D eigenvalue weighted by molar-refractivity contribution is 7.19. The average molecular weight is 440 g/mol. The van der Waals surface area contributed by atoms with Crippen molar-refractivity contribution in [2.24, 2.45) is 0 Å². The normalized spacial score (nSPS) is 11.6. The first kappa shape index (κ1) is 20.9. The van der Waals surface area contributed by atoms with Crippen molar-refractivity contribution in [2.45, 2.75) is 19.6 Å². The van der Waals surface area contributed by atoms with Crippen molar-refractivity contribution in [3.05, 3.63) is 89.0 Å². The maximum Gasteiger partial charge on any atom is 0.416 e. The van der Waals surface area contributed by atoms with E-state index < -0.39 is 11.7 Å². The first-order valence-corrected chi connectivity index (χ1v) is 10.4. The molecular weight excluding hydrogens is 421 g/mol. The predicted octanol–water partition coefficient (Wildman–Crippen LogP) is 6.41. The van der Waals surface area contributed by atoms with E-state index in [4.69, 9.17) is 5.73 Å². The number of rotatable bonds is 4. The number of benzene rings is 3. The van der Waals surface area contributed by atoms with Crippen LogP contribution >= 0.6 is 11.3 Å². The van der Waals surface area contributed by atoms with E-state index in [1.807, 2.05) is 42.5 Å². The SMILES string of the molecule is Cc1c(-c2cccc(C(F)(F)F)c2)sc(N)c1C(=O)NCc1cccc2ccccc12. The van der Waals surface area contributed by atoms with Gasteiger partial charge in [-0.05, 0) is 46.5 Å². The molecule has 0 spiro atoms. The van der Waals surface area contributed by atoms with Crippen LogP contribution in [-0.2, 0) is 12.7 Å². The number of nitrogen functional groups attached to an aromatic ring is 1. The third-order valence-electron chi connectivity index (χ3n) is 5.17. The summed E-state index contributed by atoms with van der Waals surface area (Å²) in [4.78, 5) is 13.5. The number of amides is 1. The second-order valence-corrected chi connectivity index (χ2v) is 8.25. The summed E-state index contributed by atoms with van der Waals surface area (Å²) in [5.41, 5.74) is 7.59. The summed E-state index contributed by atoms with van der Waals surface area (Å²) in [5.74, 6) is -0.350. The Bertz CT molecular complexity index is 1270. The van der Waals surface area contributed by atoms with Crippen LogP contribution in [-0.4, -0.2) is 5.91 Å². The number of halogens is 3. The molecule has 4 aromatic rings. The van der Waals surface area contributed by atoms with Crippen molar-refractivity contribution in [1.29, 1.82) is 0 Å². The fraction of sp³-hybridized carbons (Fsp3) is 0.125. The Labute approximate surface area is 181 Å². The molecule has 3 N–H and O–H groups in total. The third kappa shape index (κ3) is 4.14. The zero-order valence-corrected chi connectivity index (χ0v) is 17.4. The Balaban J connectivity index is 1.61. The van der Waals surface area contributed by atoms with Crippen LogP contribution in [0.3, 0.4) is 0 Å². The maximum atomic E-state index is 13.1. The number of alkyl halides is 3. The Kier molecular flexibility index (Phi) is 5.45. The molecule has 0 bridgehead atoms. The van der Waals surface area contributed by atoms with Crippen LogP contribution in [0.5, 0.6) is 0 Å². The van der Waals surface area contributed by atoms with Crippen LogP contribution in [0.1, 0.15) is 27.0 Å². The third-order valence-corrected chi connectivity index (χ3v) is 6.34. The summed E-state index contributed by atoms with van der Waals surface area (Å²) < 4.78 is 39.3. The zero-order valence-electron chi connectivity index (χ0n) is 16.6. The van der Waals surface area contributed by atoms with Crippen LogP contribution < -0.4 is 11.1 Å². The van der Waals surface area contributed by atoms with Crippen LogP contribution in [0.4, 0.5) is 18.2 Å².